The van der Waals surface area contributed by atoms with Gasteiger partial charge in [-0.15, -0.1) is 0 Å². The van der Waals surface area contributed by atoms with Gasteiger partial charge in [0.05, 0.1) is 12.5 Å². The fourth-order valence-electron chi connectivity index (χ4n) is 3.31. The molecule has 4 heteroatoms. The van der Waals surface area contributed by atoms with E-state index in [9.17, 15) is 9.90 Å². The Morgan fingerprint density at radius 1 is 1.45 bits per heavy atom. The minimum atomic E-state index is -0.660. The molecule has 1 saturated carbocycles. The molecule has 1 aliphatic carbocycles. The van der Waals surface area contributed by atoms with Crippen LogP contribution in [0.15, 0.2) is 16.5 Å². The number of furan rings is 1. The molecule has 112 valence electrons. The number of hydrogen-bond donors (Lipinski definition) is 1. The van der Waals surface area contributed by atoms with Gasteiger partial charge in [-0.05, 0) is 51.3 Å². The van der Waals surface area contributed by atoms with Crippen LogP contribution < -0.4 is 0 Å². The van der Waals surface area contributed by atoms with E-state index in [1.165, 1.54) is 0 Å². The van der Waals surface area contributed by atoms with Crippen molar-refractivity contribution >= 4 is 5.97 Å². The van der Waals surface area contributed by atoms with Crippen LogP contribution >= 0.6 is 0 Å². The van der Waals surface area contributed by atoms with Crippen LogP contribution in [-0.2, 0) is 11.3 Å². The summed E-state index contributed by atoms with van der Waals surface area (Å²) in [5, 5.41) is 9.44. The van der Waals surface area contributed by atoms with Gasteiger partial charge in [0.25, 0.3) is 0 Å². The molecule has 0 aromatic carbocycles. The third-order valence-corrected chi connectivity index (χ3v) is 4.59. The summed E-state index contributed by atoms with van der Waals surface area (Å²) in [6.07, 6.45) is 3.94. The van der Waals surface area contributed by atoms with E-state index in [1.807, 2.05) is 26.1 Å². The Kier molecular flexibility index (Phi) is 4.86. The molecule has 1 N–H and O–H groups in total. The smallest absolute Gasteiger partial charge is 0.308 e. The van der Waals surface area contributed by atoms with Gasteiger partial charge in [0, 0.05) is 6.04 Å². The van der Waals surface area contributed by atoms with Crippen molar-refractivity contribution in [3.05, 3.63) is 23.7 Å². The molecule has 1 aromatic rings. The maximum absolute atomic E-state index is 11.5. The first-order valence-corrected chi connectivity index (χ1v) is 7.49. The minimum Gasteiger partial charge on any atom is -0.481 e. The van der Waals surface area contributed by atoms with Gasteiger partial charge in [0.1, 0.15) is 11.5 Å². The SMILES string of the molecule is CCC1CCC(C(=O)O)C(N(C)Cc2ccc(C)o2)C1. The summed E-state index contributed by atoms with van der Waals surface area (Å²) >= 11 is 0. The van der Waals surface area contributed by atoms with Crippen molar-refractivity contribution in [2.75, 3.05) is 7.05 Å². The first-order valence-electron chi connectivity index (χ1n) is 7.49. The van der Waals surface area contributed by atoms with Crippen molar-refractivity contribution in [2.24, 2.45) is 11.8 Å². The second kappa shape index (κ2) is 6.44. The van der Waals surface area contributed by atoms with Crippen LogP contribution in [0.2, 0.25) is 0 Å². The molecule has 1 heterocycles. The first kappa shape index (κ1) is 15.1. The van der Waals surface area contributed by atoms with E-state index in [-0.39, 0.29) is 12.0 Å². The normalized spacial score (nSPS) is 26.9. The standard InChI is InChI=1S/C16H25NO3/c1-4-12-6-8-14(16(18)19)15(9-12)17(3)10-13-7-5-11(2)20-13/h5,7,12,14-15H,4,6,8-10H2,1-3H3,(H,18,19). The molecule has 0 bridgehead atoms. The summed E-state index contributed by atoms with van der Waals surface area (Å²) in [5.74, 6) is 1.55. The monoisotopic (exact) mass is 279 g/mol. The largest absolute Gasteiger partial charge is 0.481 e. The van der Waals surface area contributed by atoms with Gasteiger partial charge in [0.15, 0.2) is 0 Å². The summed E-state index contributed by atoms with van der Waals surface area (Å²) in [4.78, 5) is 13.6. The molecule has 20 heavy (non-hydrogen) atoms. The van der Waals surface area contributed by atoms with Gasteiger partial charge >= 0.3 is 5.97 Å². The van der Waals surface area contributed by atoms with Gasteiger partial charge in [-0.1, -0.05) is 13.3 Å². The maximum atomic E-state index is 11.5. The molecule has 1 fully saturated rings. The van der Waals surface area contributed by atoms with Crippen LogP contribution in [-0.4, -0.2) is 29.1 Å². The minimum absolute atomic E-state index is 0.108. The van der Waals surface area contributed by atoms with Gasteiger partial charge in [0.2, 0.25) is 0 Å². The highest BCUT2D eigenvalue weighted by Crippen LogP contribution is 2.34. The molecule has 2 rings (SSSR count). The van der Waals surface area contributed by atoms with Crippen LogP contribution in [0.3, 0.4) is 0 Å². The Labute approximate surface area is 120 Å². The molecule has 0 amide bonds. The number of carboxylic acids is 1. The zero-order valence-electron chi connectivity index (χ0n) is 12.6. The molecule has 1 aromatic heterocycles. The summed E-state index contributed by atoms with van der Waals surface area (Å²) < 4.78 is 5.60. The first-order chi connectivity index (χ1) is 9.51. The van der Waals surface area contributed by atoms with E-state index in [1.54, 1.807) is 0 Å². The van der Waals surface area contributed by atoms with Crippen molar-refractivity contribution in [3.63, 3.8) is 0 Å². The molecule has 0 spiro atoms. The molecule has 3 atom stereocenters. The highest BCUT2D eigenvalue weighted by atomic mass is 16.4. The second-order valence-electron chi connectivity index (χ2n) is 6.03. The highest BCUT2D eigenvalue weighted by Gasteiger charge is 2.36. The Bertz CT molecular complexity index is 454. The molecule has 0 saturated heterocycles. The van der Waals surface area contributed by atoms with Crippen LogP contribution in [0.5, 0.6) is 0 Å². The third-order valence-electron chi connectivity index (χ3n) is 4.59. The van der Waals surface area contributed by atoms with Crippen molar-refractivity contribution in [1.82, 2.24) is 4.90 Å². The quantitative estimate of drug-likeness (QED) is 0.898. The average molecular weight is 279 g/mol. The molecule has 1 aliphatic rings. The van der Waals surface area contributed by atoms with E-state index in [4.69, 9.17) is 4.42 Å². The molecule has 0 aliphatic heterocycles. The molecule has 3 unspecified atom stereocenters. The van der Waals surface area contributed by atoms with Gasteiger partial charge in [-0.3, -0.25) is 9.69 Å². The number of rotatable bonds is 5. The number of aryl methyl sites for hydroxylation is 1. The molecular formula is C16H25NO3. The summed E-state index contributed by atoms with van der Waals surface area (Å²) in [5.41, 5.74) is 0. The summed E-state index contributed by atoms with van der Waals surface area (Å²) in [7, 11) is 2.01. The van der Waals surface area contributed by atoms with Crippen molar-refractivity contribution < 1.29 is 14.3 Å². The van der Waals surface area contributed by atoms with E-state index < -0.39 is 5.97 Å². The van der Waals surface area contributed by atoms with Crippen LogP contribution in [0.4, 0.5) is 0 Å². The molecule has 4 nitrogen and oxygen atoms in total. The lowest BCUT2D eigenvalue weighted by molar-refractivity contribution is -0.146. The zero-order chi connectivity index (χ0) is 14.7. The number of aliphatic carboxylic acids is 1. The Hall–Kier alpha value is -1.29. The Balaban J connectivity index is 2.06. The van der Waals surface area contributed by atoms with Gasteiger partial charge in [-0.25, -0.2) is 0 Å². The van der Waals surface area contributed by atoms with Gasteiger partial charge in [-0.2, -0.15) is 0 Å². The van der Waals surface area contributed by atoms with Crippen LogP contribution in [0.25, 0.3) is 0 Å². The van der Waals surface area contributed by atoms with E-state index in [2.05, 4.69) is 11.8 Å². The predicted molar refractivity (Wildman–Crippen MR) is 77.5 cm³/mol. The maximum Gasteiger partial charge on any atom is 0.308 e. The lowest BCUT2D eigenvalue weighted by Crippen LogP contribution is -2.45. The number of carbonyl (C=O) groups is 1. The number of carboxylic acid groups (broad SMARTS) is 1. The van der Waals surface area contributed by atoms with E-state index in [0.717, 1.165) is 37.2 Å². The van der Waals surface area contributed by atoms with Crippen molar-refractivity contribution in [2.45, 2.75) is 52.1 Å². The zero-order valence-corrected chi connectivity index (χ0v) is 12.6. The number of hydrogen-bond acceptors (Lipinski definition) is 3. The Morgan fingerprint density at radius 2 is 2.20 bits per heavy atom. The van der Waals surface area contributed by atoms with Gasteiger partial charge < -0.3 is 9.52 Å². The summed E-state index contributed by atoms with van der Waals surface area (Å²) in [6, 6.07) is 4.03. The van der Waals surface area contributed by atoms with Crippen LogP contribution in [0.1, 0.15) is 44.1 Å². The third kappa shape index (κ3) is 3.42. The number of nitrogens with zero attached hydrogens (tertiary/aromatic N) is 1. The Morgan fingerprint density at radius 3 is 2.75 bits per heavy atom. The lowest BCUT2D eigenvalue weighted by atomic mass is 9.76. The molecule has 0 radical (unpaired) electrons. The fourth-order valence-corrected chi connectivity index (χ4v) is 3.31. The highest BCUT2D eigenvalue weighted by molar-refractivity contribution is 5.71. The predicted octanol–water partition coefficient (Wildman–Crippen LogP) is 3.30. The van der Waals surface area contributed by atoms with Crippen molar-refractivity contribution in [3.8, 4) is 0 Å². The van der Waals surface area contributed by atoms with E-state index >= 15 is 0 Å². The summed E-state index contributed by atoms with van der Waals surface area (Å²) in [6.45, 7) is 4.80. The van der Waals surface area contributed by atoms with Crippen molar-refractivity contribution in [1.29, 1.82) is 0 Å². The second-order valence-corrected chi connectivity index (χ2v) is 6.03. The van der Waals surface area contributed by atoms with Crippen LogP contribution in [0, 0.1) is 18.8 Å². The topological polar surface area (TPSA) is 53.7 Å². The average Bonchev–Trinajstić information content (AvgIpc) is 2.83. The fraction of sp³-hybridized carbons (Fsp3) is 0.688. The lowest BCUT2D eigenvalue weighted by Gasteiger charge is -2.39. The van der Waals surface area contributed by atoms with E-state index in [0.29, 0.717) is 12.5 Å². The molecular weight excluding hydrogens is 254 g/mol.